The first-order valence-corrected chi connectivity index (χ1v) is 5.78. The standard InChI is InChI=1S/C15H15NO2/c16-14-9-12(10-15(17)18)6-7-13(14)8-11-4-2-1-3-5-11/h1-7,9H,8,10,16H2,(H,17,18). The first kappa shape index (κ1) is 12.2. The number of hydrogen-bond donors (Lipinski definition) is 2. The Morgan fingerprint density at radius 1 is 1.06 bits per heavy atom. The molecule has 0 saturated heterocycles. The van der Waals surface area contributed by atoms with Crippen molar-refractivity contribution in [2.24, 2.45) is 0 Å². The number of nitrogens with two attached hydrogens (primary N) is 1. The van der Waals surface area contributed by atoms with E-state index in [1.165, 1.54) is 5.56 Å². The summed E-state index contributed by atoms with van der Waals surface area (Å²) in [7, 11) is 0. The maximum Gasteiger partial charge on any atom is 0.307 e. The molecule has 3 N–H and O–H groups in total. The maximum absolute atomic E-state index is 10.6. The summed E-state index contributed by atoms with van der Waals surface area (Å²) in [6.07, 6.45) is 0.774. The summed E-state index contributed by atoms with van der Waals surface area (Å²) in [4.78, 5) is 10.6. The second-order valence-electron chi connectivity index (χ2n) is 4.27. The van der Waals surface area contributed by atoms with Crippen LogP contribution in [0.5, 0.6) is 0 Å². The van der Waals surface area contributed by atoms with Crippen LogP contribution in [0.2, 0.25) is 0 Å². The Kier molecular flexibility index (Phi) is 3.63. The number of aliphatic carboxylic acids is 1. The maximum atomic E-state index is 10.6. The van der Waals surface area contributed by atoms with Gasteiger partial charge in [0.15, 0.2) is 0 Å². The van der Waals surface area contributed by atoms with Crippen LogP contribution < -0.4 is 5.73 Å². The topological polar surface area (TPSA) is 63.3 Å². The Morgan fingerprint density at radius 3 is 2.39 bits per heavy atom. The Hall–Kier alpha value is -2.29. The van der Waals surface area contributed by atoms with Crippen LogP contribution in [0.4, 0.5) is 5.69 Å². The number of nitrogen functional groups attached to an aromatic ring is 1. The van der Waals surface area contributed by atoms with Gasteiger partial charge in [-0.2, -0.15) is 0 Å². The Morgan fingerprint density at radius 2 is 1.78 bits per heavy atom. The van der Waals surface area contributed by atoms with Gasteiger partial charge in [-0.25, -0.2) is 0 Å². The third kappa shape index (κ3) is 3.10. The van der Waals surface area contributed by atoms with Crippen LogP contribution in [-0.2, 0) is 17.6 Å². The van der Waals surface area contributed by atoms with Gasteiger partial charge in [0, 0.05) is 5.69 Å². The van der Waals surface area contributed by atoms with Crippen LogP contribution in [0.3, 0.4) is 0 Å². The van der Waals surface area contributed by atoms with E-state index in [1.54, 1.807) is 6.07 Å². The number of rotatable bonds is 4. The van der Waals surface area contributed by atoms with Gasteiger partial charge in [-0.05, 0) is 29.2 Å². The largest absolute Gasteiger partial charge is 0.481 e. The van der Waals surface area contributed by atoms with E-state index in [9.17, 15) is 4.79 Å². The van der Waals surface area contributed by atoms with Crippen molar-refractivity contribution in [2.75, 3.05) is 5.73 Å². The predicted octanol–water partition coefficient (Wildman–Crippen LogP) is 2.49. The molecule has 92 valence electrons. The van der Waals surface area contributed by atoms with Crippen molar-refractivity contribution in [2.45, 2.75) is 12.8 Å². The van der Waals surface area contributed by atoms with Crippen molar-refractivity contribution in [1.29, 1.82) is 0 Å². The van der Waals surface area contributed by atoms with Crippen LogP contribution in [0.15, 0.2) is 48.5 Å². The molecule has 18 heavy (non-hydrogen) atoms. The van der Waals surface area contributed by atoms with Crippen molar-refractivity contribution in [3.63, 3.8) is 0 Å². The highest BCUT2D eigenvalue weighted by Gasteiger charge is 2.05. The lowest BCUT2D eigenvalue weighted by Gasteiger charge is -2.07. The molecule has 0 aliphatic heterocycles. The smallest absolute Gasteiger partial charge is 0.307 e. The number of carbonyl (C=O) groups is 1. The number of hydrogen-bond acceptors (Lipinski definition) is 2. The van der Waals surface area contributed by atoms with Crippen molar-refractivity contribution >= 4 is 11.7 Å². The molecule has 0 aliphatic carbocycles. The van der Waals surface area contributed by atoms with Gasteiger partial charge in [0.25, 0.3) is 0 Å². The zero-order valence-electron chi connectivity index (χ0n) is 9.97. The first-order chi connectivity index (χ1) is 8.65. The van der Waals surface area contributed by atoms with Gasteiger partial charge in [-0.15, -0.1) is 0 Å². The minimum absolute atomic E-state index is 0.00974. The molecule has 0 spiro atoms. The Balaban J connectivity index is 2.17. The molecule has 0 saturated carbocycles. The highest BCUT2D eigenvalue weighted by atomic mass is 16.4. The van der Waals surface area contributed by atoms with Gasteiger partial charge >= 0.3 is 5.97 Å². The number of anilines is 1. The van der Waals surface area contributed by atoms with E-state index < -0.39 is 5.97 Å². The van der Waals surface area contributed by atoms with Gasteiger partial charge in [0.1, 0.15) is 0 Å². The summed E-state index contributed by atoms with van der Waals surface area (Å²) in [5.74, 6) is -0.842. The van der Waals surface area contributed by atoms with Gasteiger partial charge < -0.3 is 10.8 Å². The zero-order chi connectivity index (χ0) is 13.0. The molecule has 3 heteroatoms. The van der Waals surface area contributed by atoms with Gasteiger partial charge in [-0.1, -0.05) is 42.5 Å². The summed E-state index contributed by atoms with van der Waals surface area (Å²) >= 11 is 0. The third-order valence-corrected chi connectivity index (χ3v) is 2.80. The Bertz CT molecular complexity index is 550. The van der Waals surface area contributed by atoms with E-state index in [1.807, 2.05) is 42.5 Å². The van der Waals surface area contributed by atoms with E-state index in [4.69, 9.17) is 10.8 Å². The molecule has 3 nitrogen and oxygen atoms in total. The van der Waals surface area contributed by atoms with E-state index in [0.717, 1.165) is 17.5 Å². The first-order valence-electron chi connectivity index (χ1n) is 5.78. The quantitative estimate of drug-likeness (QED) is 0.808. The molecule has 0 radical (unpaired) electrons. The molecule has 0 heterocycles. The summed E-state index contributed by atoms with van der Waals surface area (Å²) < 4.78 is 0. The summed E-state index contributed by atoms with van der Waals surface area (Å²) in [5.41, 5.74) is 9.55. The lowest BCUT2D eigenvalue weighted by atomic mass is 10.0. The van der Waals surface area contributed by atoms with E-state index >= 15 is 0 Å². The highest BCUT2D eigenvalue weighted by Crippen LogP contribution is 2.18. The second-order valence-corrected chi connectivity index (χ2v) is 4.27. The lowest BCUT2D eigenvalue weighted by molar-refractivity contribution is -0.136. The molecule has 0 aliphatic rings. The van der Waals surface area contributed by atoms with Crippen molar-refractivity contribution in [3.05, 3.63) is 65.2 Å². The van der Waals surface area contributed by atoms with E-state index in [2.05, 4.69) is 0 Å². The fourth-order valence-electron chi connectivity index (χ4n) is 1.91. The van der Waals surface area contributed by atoms with Crippen molar-refractivity contribution in [1.82, 2.24) is 0 Å². The van der Waals surface area contributed by atoms with E-state index in [-0.39, 0.29) is 6.42 Å². The number of benzene rings is 2. The van der Waals surface area contributed by atoms with Crippen LogP contribution in [-0.4, -0.2) is 11.1 Å². The van der Waals surface area contributed by atoms with Crippen molar-refractivity contribution in [3.8, 4) is 0 Å². The minimum atomic E-state index is -0.842. The minimum Gasteiger partial charge on any atom is -0.481 e. The molecule has 0 amide bonds. The average Bonchev–Trinajstić information content (AvgIpc) is 2.33. The van der Waals surface area contributed by atoms with Crippen LogP contribution in [0, 0.1) is 0 Å². The lowest BCUT2D eigenvalue weighted by Crippen LogP contribution is -2.02. The zero-order valence-corrected chi connectivity index (χ0v) is 9.97. The molecular formula is C15H15NO2. The molecule has 0 atom stereocenters. The molecule has 0 fully saturated rings. The van der Waals surface area contributed by atoms with Crippen LogP contribution >= 0.6 is 0 Å². The molecule has 0 aromatic heterocycles. The summed E-state index contributed by atoms with van der Waals surface area (Å²) in [6, 6.07) is 15.5. The fraction of sp³-hybridized carbons (Fsp3) is 0.133. The normalized spacial score (nSPS) is 10.2. The molecule has 0 unspecified atom stereocenters. The summed E-state index contributed by atoms with van der Waals surface area (Å²) in [5, 5.41) is 8.72. The molecule has 2 aromatic carbocycles. The SMILES string of the molecule is Nc1cc(CC(=O)O)ccc1Cc1ccccc1. The average molecular weight is 241 g/mol. The van der Waals surface area contributed by atoms with Gasteiger partial charge in [-0.3, -0.25) is 4.79 Å². The third-order valence-electron chi connectivity index (χ3n) is 2.80. The molecular weight excluding hydrogens is 226 g/mol. The molecule has 2 rings (SSSR count). The Labute approximate surface area is 106 Å². The molecule has 2 aromatic rings. The van der Waals surface area contributed by atoms with Crippen molar-refractivity contribution < 1.29 is 9.90 Å². The number of carboxylic acid groups (broad SMARTS) is 1. The highest BCUT2D eigenvalue weighted by molar-refractivity contribution is 5.71. The second kappa shape index (κ2) is 5.36. The van der Waals surface area contributed by atoms with Gasteiger partial charge in [0.2, 0.25) is 0 Å². The van der Waals surface area contributed by atoms with Crippen LogP contribution in [0.1, 0.15) is 16.7 Å². The van der Waals surface area contributed by atoms with Gasteiger partial charge in [0.05, 0.1) is 6.42 Å². The van der Waals surface area contributed by atoms with Crippen LogP contribution in [0.25, 0.3) is 0 Å². The molecule has 0 bridgehead atoms. The van der Waals surface area contributed by atoms with E-state index in [0.29, 0.717) is 5.69 Å². The summed E-state index contributed by atoms with van der Waals surface area (Å²) in [6.45, 7) is 0. The monoisotopic (exact) mass is 241 g/mol. The number of carboxylic acids is 1. The fourth-order valence-corrected chi connectivity index (χ4v) is 1.91. The predicted molar refractivity (Wildman–Crippen MR) is 71.4 cm³/mol.